The van der Waals surface area contributed by atoms with Gasteiger partial charge < -0.3 is 19.8 Å². The molecule has 0 heterocycles. The summed E-state index contributed by atoms with van der Waals surface area (Å²) in [7, 11) is 0. The fourth-order valence-corrected chi connectivity index (χ4v) is 2.04. The first-order valence-corrected chi connectivity index (χ1v) is 8.54. The van der Waals surface area contributed by atoms with E-state index >= 15 is 0 Å². The molecule has 0 aromatic heterocycles. The van der Waals surface area contributed by atoms with Crippen LogP contribution >= 0.6 is 0 Å². The van der Waals surface area contributed by atoms with Crippen LogP contribution in [-0.2, 0) is 9.59 Å². The summed E-state index contributed by atoms with van der Waals surface area (Å²) in [6, 6.07) is 0. The maximum atomic E-state index is 10.3. The molecule has 4 nitrogen and oxygen atoms in total. The Hall–Kier alpha value is 0.200. The topological polar surface area (TPSA) is 80.3 Å². The van der Waals surface area contributed by atoms with Crippen LogP contribution in [0.5, 0.6) is 0 Å². The molecule has 0 saturated heterocycles. The van der Waals surface area contributed by atoms with Gasteiger partial charge in [-0.2, -0.15) is 0 Å². The van der Waals surface area contributed by atoms with E-state index in [-0.39, 0.29) is 50.1 Å². The third-order valence-electron chi connectivity index (χ3n) is 3.54. The zero-order valence-electron chi connectivity index (χ0n) is 15.8. The van der Waals surface area contributed by atoms with Crippen LogP contribution in [-0.4, -0.2) is 49.7 Å². The molecule has 23 heavy (non-hydrogen) atoms. The molecule has 5 heteroatoms. The summed E-state index contributed by atoms with van der Waals surface area (Å²) < 4.78 is 0. The van der Waals surface area contributed by atoms with Crippen molar-refractivity contribution in [1.82, 2.24) is 0 Å². The Kier molecular flexibility index (Phi) is 20.8. The molecule has 0 saturated carbocycles. The van der Waals surface area contributed by atoms with Crippen LogP contribution in [0.4, 0.5) is 0 Å². The summed E-state index contributed by atoms with van der Waals surface area (Å²) in [4.78, 5) is 20.4. The van der Waals surface area contributed by atoms with Gasteiger partial charge in [0.15, 0.2) is 0 Å². The Morgan fingerprint density at radius 1 is 0.957 bits per heavy atom. The fraction of sp³-hybridized carbons (Fsp3) is 0.889. The maximum absolute atomic E-state index is 10.3. The van der Waals surface area contributed by atoms with E-state index in [0.717, 1.165) is 38.5 Å². The number of carbonyl (C=O) groups is 2. The standard InChI is InChI=1S/C10H20O2.C8H16O2.Ca/c1-10(2,3)8-6-4-5-7-9(11)12;1-3-5-6-7(4-2)8(9)10;/h4-8H2,1-3H3,(H,11,12);7H,3-6H2,1-2H3,(H,9,10);/q;;+2/p-2. The third kappa shape index (κ3) is 24.6. The van der Waals surface area contributed by atoms with Gasteiger partial charge in [-0.25, -0.2) is 0 Å². The average molecular weight is 355 g/mol. The summed E-state index contributed by atoms with van der Waals surface area (Å²) in [6.07, 6.45) is 7.79. The SMILES string of the molecule is CC(C)(C)CCCCCC(=O)[O-].CCCCC(CC)C(=O)[O-].[Ca+2]. The molecule has 0 aliphatic rings. The largest absolute Gasteiger partial charge is 2.00 e. The van der Waals surface area contributed by atoms with E-state index in [1.807, 2.05) is 6.92 Å². The molecule has 0 bridgehead atoms. The monoisotopic (exact) mass is 354 g/mol. The summed E-state index contributed by atoms with van der Waals surface area (Å²) >= 11 is 0. The molecule has 0 spiro atoms. The zero-order chi connectivity index (χ0) is 17.6. The molecule has 132 valence electrons. The third-order valence-corrected chi connectivity index (χ3v) is 3.54. The van der Waals surface area contributed by atoms with Crippen LogP contribution < -0.4 is 10.2 Å². The number of hydrogen-bond donors (Lipinski definition) is 0. The average Bonchev–Trinajstić information content (AvgIpc) is 2.38. The van der Waals surface area contributed by atoms with Gasteiger partial charge in [0, 0.05) is 11.9 Å². The summed E-state index contributed by atoms with van der Waals surface area (Å²) in [5, 5.41) is 20.4. The number of rotatable bonds is 10. The minimum atomic E-state index is -0.925. The first kappa shape index (κ1) is 28.0. The molecule has 1 atom stereocenters. The number of carbonyl (C=O) groups excluding carboxylic acids is 2. The predicted molar refractivity (Wildman–Crippen MR) is 91.6 cm³/mol. The Morgan fingerprint density at radius 3 is 1.87 bits per heavy atom. The van der Waals surface area contributed by atoms with E-state index in [1.54, 1.807) is 0 Å². The van der Waals surface area contributed by atoms with E-state index in [4.69, 9.17) is 0 Å². The van der Waals surface area contributed by atoms with Gasteiger partial charge in [-0.15, -0.1) is 0 Å². The number of carboxylic acid groups (broad SMARTS) is 2. The van der Waals surface area contributed by atoms with Crippen LogP contribution in [0.25, 0.3) is 0 Å². The van der Waals surface area contributed by atoms with Crippen molar-refractivity contribution in [3.63, 3.8) is 0 Å². The Labute approximate surface area is 172 Å². The van der Waals surface area contributed by atoms with E-state index < -0.39 is 11.9 Å². The molecule has 0 amide bonds. The van der Waals surface area contributed by atoms with E-state index in [9.17, 15) is 19.8 Å². The zero-order valence-corrected chi connectivity index (χ0v) is 18.0. The molecule has 0 aromatic rings. The second kappa shape index (κ2) is 17.0. The molecular formula is C18H34CaO4. The van der Waals surface area contributed by atoms with E-state index in [1.165, 1.54) is 6.42 Å². The molecular weight excluding hydrogens is 320 g/mol. The van der Waals surface area contributed by atoms with Gasteiger partial charge in [0.1, 0.15) is 0 Å². The van der Waals surface area contributed by atoms with Gasteiger partial charge in [0.05, 0.1) is 0 Å². The van der Waals surface area contributed by atoms with Crippen molar-refractivity contribution in [2.45, 2.75) is 92.4 Å². The molecule has 0 N–H and O–H groups in total. The minimum Gasteiger partial charge on any atom is -0.550 e. The van der Waals surface area contributed by atoms with Crippen molar-refractivity contribution in [2.75, 3.05) is 0 Å². The van der Waals surface area contributed by atoms with Gasteiger partial charge in [-0.05, 0) is 43.4 Å². The van der Waals surface area contributed by atoms with Gasteiger partial charge in [-0.3, -0.25) is 0 Å². The van der Waals surface area contributed by atoms with Crippen LogP contribution in [0.1, 0.15) is 92.4 Å². The molecule has 0 aliphatic heterocycles. The smallest absolute Gasteiger partial charge is 0.550 e. The quantitative estimate of drug-likeness (QED) is 0.445. The Morgan fingerprint density at radius 2 is 1.52 bits per heavy atom. The summed E-state index contributed by atoms with van der Waals surface area (Å²) in [6.45, 7) is 10.5. The van der Waals surface area contributed by atoms with Gasteiger partial charge in [0.2, 0.25) is 0 Å². The fourth-order valence-electron chi connectivity index (χ4n) is 2.04. The number of carboxylic acids is 2. The molecule has 0 aromatic carbocycles. The summed E-state index contributed by atoms with van der Waals surface area (Å²) in [5.74, 6) is -2.04. The second-order valence-corrected chi connectivity index (χ2v) is 7.06. The first-order valence-electron chi connectivity index (χ1n) is 8.54. The Bertz CT molecular complexity index is 298. The predicted octanol–water partition coefficient (Wildman–Crippen LogP) is 2.30. The van der Waals surface area contributed by atoms with E-state index in [2.05, 4.69) is 27.7 Å². The van der Waals surface area contributed by atoms with Crippen molar-refractivity contribution in [3.05, 3.63) is 0 Å². The number of hydrogen-bond acceptors (Lipinski definition) is 4. The van der Waals surface area contributed by atoms with Crippen molar-refractivity contribution in [2.24, 2.45) is 11.3 Å². The van der Waals surface area contributed by atoms with Gasteiger partial charge in [0.25, 0.3) is 0 Å². The van der Waals surface area contributed by atoms with Crippen molar-refractivity contribution < 1.29 is 19.8 Å². The molecule has 0 aliphatic carbocycles. The number of unbranched alkanes of at least 4 members (excludes halogenated alkanes) is 3. The molecule has 0 radical (unpaired) electrons. The minimum absolute atomic E-state index is 0. The van der Waals surface area contributed by atoms with Crippen LogP contribution in [0.3, 0.4) is 0 Å². The van der Waals surface area contributed by atoms with Crippen LogP contribution in [0.2, 0.25) is 0 Å². The molecule has 0 rings (SSSR count). The van der Waals surface area contributed by atoms with Crippen molar-refractivity contribution >= 4 is 49.7 Å². The maximum Gasteiger partial charge on any atom is 2.00 e. The van der Waals surface area contributed by atoms with E-state index in [0.29, 0.717) is 11.8 Å². The van der Waals surface area contributed by atoms with Crippen molar-refractivity contribution in [3.8, 4) is 0 Å². The van der Waals surface area contributed by atoms with Crippen LogP contribution in [0.15, 0.2) is 0 Å². The normalized spacial score (nSPS) is 11.7. The summed E-state index contributed by atoms with van der Waals surface area (Å²) in [5.41, 5.74) is 0.376. The molecule has 1 unspecified atom stereocenters. The first-order chi connectivity index (χ1) is 10.1. The molecule has 0 fully saturated rings. The van der Waals surface area contributed by atoms with Gasteiger partial charge >= 0.3 is 37.7 Å². The van der Waals surface area contributed by atoms with Crippen LogP contribution in [0, 0.1) is 11.3 Å². The number of aliphatic carboxylic acids is 2. The second-order valence-electron chi connectivity index (χ2n) is 7.06. The van der Waals surface area contributed by atoms with Crippen molar-refractivity contribution in [1.29, 1.82) is 0 Å². The Balaban J connectivity index is -0.000000338. The van der Waals surface area contributed by atoms with Gasteiger partial charge in [-0.1, -0.05) is 60.3 Å².